The van der Waals surface area contributed by atoms with Crippen LogP contribution in [0.2, 0.25) is 0 Å². The minimum absolute atomic E-state index is 0.0377. The second kappa shape index (κ2) is 9.58. The largest absolute Gasteiger partial charge is 0.335 e. The summed E-state index contributed by atoms with van der Waals surface area (Å²) >= 11 is 1.44. The molecule has 0 aliphatic heterocycles. The van der Waals surface area contributed by atoms with Gasteiger partial charge in [0.25, 0.3) is 5.56 Å². The molecular weight excluding hydrogens is 400 g/mol. The van der Waals surface area contributed by atoms with Gasteiger partial charge in [-0.25, -0.2) is 4.98 Å². The highest BCUT2D eigenvalue weighted by Crippen LogP contribution is 2.26. The van der Waals surface area contributed by atoms with E-state index in [9.17, 15) is 14.4 Å². The number of aromatic nitrogens is 2. The predicted molar refractivity (Wildman–Crippen MR) is 120 cm³/mol. The van der Waals surface area contributed by atoms with Crippen molar-refractivity contribution in [3.05, 3.63) is 64.7 Å². The summed E-state index contributed by atoms with van der Waals surface area (Å²) < 4.78 is 0. The highest BCUT2D eigenvalue weighted by molar-refractivity contribution is 8.00. The maximum Gasteiger partial charge on any atom is 0.258 e. The Hall–Kier alpha value is -3.13. The van der Waals surface area contributed by atoms with E-state index in [4.69, 9.17) is 0 Å². The summed E-state index contributed by atoms with van der Waals surface area (Å²) in [5.74, 6) is 0.299. The van der Waals surface area contributed by atoms with Gasteiger partial charge in [-0.1, -0.05) is 12.1 Å². The van der Waals surface area contributed by atoms with Crippen molar-refractivity contribution in [2.45, 2.75) is 37.5 Å². The summed E-state index contributed by atoms with van der Waals surface area (Å²) in [6, 6.07) is 14.5. The third-order valence-electron chi connectivity index (χ3n) is 4.53. The van der Waals surface area contributed by atoms with Crippen LogP contribution in [0.4, 0.5) is 5.69 Å². The molecule has 3 aromatic rings. The van der Waals surface area contributed by atoms with Crippen molar-refractivity contribution in [3.63, 3.8) is 0 Å². The number of nitrogens with zero attached hydrogens (tertiary/aromatic N) is 2. The number of hydrogen-bond donors (Lipinski definition) is 2. The molecule has 8 heteroatoms. The second-order valence-electron chi connectivity index (χ2n) is 6.85. The number of para-hydroxylation sites is 1. The molecule has 0 radical (unpaired) electrons. The Balaban J connectivity index is 1.69. The zero-order valence-electron chi connectivity index (χ0n) is 17.1. The van der Waals surface area contributed by atoms with E-state index in [1.807, 2.05) is 44.2 Å². The molecule has 30 heavy (non-hydrogen) atoms. The molecule has 0 aliphatic rings. The molecule has 2 N–H and O–H groups in total. The highest BCUT2D eigenvalue weighted by atomic mass is 32.2. The first-order chi connectivity index (χ1) is 14.4. The molecule has 0 spiro atoms. The fourth-order valence-corrected chi connectivity index (χ4v) is 4.02. The average molecular weight is 425 g/mol. The fourth-order valence-electron chi connectivity index (χ4n) is 3.07. The van der Waals surface area contributed by atoms with Gasteiger partial charge in [0.2, 0.25) is 11.8 Å². The van der Waals surface area contributed by atoms with Crippen LogP contribution in [0.1, 0.15) is 26.6 Å². The van der Waals surface area contributed by atoms with Crippen LogP contribution in [0.25, 0.3) is 10.9 Å². The zero-order valence-corrected chi connectivity index (χ0v) is 18.0. The number of thioether (sulfide) groups is 1. The van der Waals surface area contributed by atoms with E-state index in [1.165, 1.54) is 18.7 Å². The summed E-state index contributed by atoms with van der Waals surface area (Å²) in [6.07, 6.45) is 0. The Kier molecular flexibility index (Phi) is 6.89. The normalized spacial score (nSPS) is 11.8. The van der Waals surface area contributed by atoms with Crippen LogP contribution in [0.15, 0.2) is 58.2 Å². The molecule has 2 aromatic carbocycles. The summed E-state index contributed by atoms with van der Waals surface area (Å²) in [5, 5.41) is 2.93. The Morgan fingerprint density at radius 1 is 1.17 bits per heavy atom. The summed E-state index contributed by atoms with van der Waals surface area (Å²) in [7, 11) is 0. The molecule has 0 fully saturated rings. The minimum atomic E-state index is -0.316. The van der Waals surface area contributed by atoms with Crippen LogP contribution in [0, 0.1) is 0 Å². The zero-order chi connectivity index (χ0) is 21.7. The van der Waals surface area contributed by atoms with Gasteiger partial charge < -0.3 is 15.2 Å². The molecule has 1 heterocycles. The van der Waals surface area contributed by atoms with E-state index >= 15 is 0 Å². The molecule has 1 atom stereocenters. The van der Waals surface area contributed by atoms with E-state index in [0.717, 1.165) is 4.90 Å². The van der Waals surface area contributed by atoms with Crippen molar-refractivity contribution in [1.82, 2.24) is 14.9 Å². The van der Waals surface area contributed by atoms with Crippen molar-refractivity contribution in [2.75, 3.05) is 11.9 Å². The molecule has 1 aromatic heterocycles. The number of amides is 2. The molecular formula is C22H24N4O3S. The standard InChI is InChI=1S/C22H24N4O3S/c1-4-26(13-20-24-19-8-6-5-7-18(19)21(28)25-20)22(29)14(2)30-17-11-9-16(10-12-17)23-15(3)27/h5-12,14H,4,13H2,1-3H3,(H,23,27)(H,24,25,28). The lowest BCUT2D eigenvalue weighted by molar-refractivity contribution is -0.130. The van der Waals surface area contributed by atoms with Crippen molar-refractivity contribution >= 4 is 40.2 Å². The van der Waals surface area contributed by atoms with Gasteiger partial charge in [0, 0.05) is 24.1 Å². The van der Waals surface area contributed by atoms with E-state index in [-0.39, 0.29) is 29.2 Å². The Morgan fingerprint density at radius 3 is 2.53 bits per heavy atom. The lowest BCUT2D eigenvalue weighted by atomic mass is 10.2. The number of aromatic amines is 1. The van der Waals surface area contributed by atoms with Gasteiger partial charge in [-0.15, -0.1) is 11.8 Å². The third-order valence-corrected chi connectivity index (χ3v) is 5.63. The predicted octanol–water partition coefficient (Wildman–Crippen LogP) is 3.41. The van der Waals surface area contributed by atoms with Crippen molar-refractivity contribution in [2.24, 2.45) is 0 Å². The van der Waals surface area contributed by atoms with Crippen molar-refractivity contribution in [1.29, 1.82) is 0 Å². The van der Waals surface area contributed by atoms with Gasteiger partial charge in [0.1, 0.15) is 5.82 Å². The van der Waals surface area contributed by atoms with E-state index < -0.39 is 0 Å². The fraction of sp³-hybridized carbons (Fsp3) is 0.273. The molecule has 3 rings (SSSR count). The van der Waals surface area contributed by atoms with Crippen LogP contribution >= 0.6 is 11.8 Å². The Labute approximate surface area is 178 Å². The average Bonchev–Trinajstić information content (AvgIpc) is 2.72. The maximum absolute atomic E-state index is 13.0. The number of anilines is 1. The van der Waals surface area contributed by atoms with Gasteiger partial charge in [0.15, 0.2) is 0 Å². The quantitative estimate of drug-likeness (QED) is 0.567. The smallest absolute Gasteiger partial charge is 0.258 e. The third kappa shape index (κ3) is 5.27. The SMILES string of the molecule is CCN(Cc1nc2ccccc2c(=O)[nH]1)C(=O)C(C)Sc1ccc(NC(C)=O)cc1. The number of fused-ring (bicyclic) bond motifs is 1. The highest BCUT2D eigenvalue weighted by Gasteiger charge is 2.21. The van der Waals surface area contributed by atoms with E-state index in [0.29, 0.717) is 29.0 Å². The van der Waals surface area contributed by atoms with Gasteiger partial charge in [0.05, 0.1) is 22.7 Å². The lowest BCUT2D eigenvalue weighted by Crippen LogP contribution is -2.37. The first kappa shape index (κ1) is 21.6. The number of carbonyl (C=O) groups is 2. The van der Waals surface area contributed by atoms with Gasteiger partial charge in [-0.2, -0.15) is 0 Å². The van der Waals surface area contributed by atoms with Gasteiger partial charge in [-0.05, 0) is 50.2 Å². The molecule has 0 saturated heterocycles. The Morgan fingerprint density at radius 2 is 1.87 bits per heavy atom. The monoisotopic (exact) mass is 424 g/mol. The van der Waals surface area contributed by atoms with Crippen LogP contribution in [0.5, 0.6) is 0 Å². The van der Waals surface area contributed by atoms with E-state index in [1.54, 1.807) is 23.1 Å². The topological polar surface area (TPSA) is 95.2 Å². The molecule has 0 bridgehead atoms. The van der Waals surface area contributed by atoms with Crippen LogP contribution in [0.3, 0.4) is 0 Å². The molecule has 0 saturated carbocycles. The number of benzene rings is 2. The van der Waals surface area contributed by atoms with Crippen LogP contribution in [-0.2, 0) is 16.1 Å². The molecule has 0 aliphatic carbocycles. The molecule has 2 amide bonds. The van der Waals surface area contributed by atoms with Gasteiger partial charge in [-0.3, -0.25) is 14.4 Å². The number of carbonyl (C=O) groups excluding carboxylic acids is 2. The number of rotatable bonds is 7. The number of hydrogen-bond acceptors (Lipinski definition) is 5. The summed E-state index contributed by atoms with van der Waals surface area (Å²) in [5.41, 5.74) is 1.12. The molecule has 156 valence electrons. The van der Waals surface area contributed by atoms with Crippen molar-refractivity contribution < 1.29 is 9.59 Å². The van der Waals surface area contributed by atoms with Crippen LogP contribution < -0.4 is 10.9 Å². The van der Waals surface area contributed by atoms with Crippen molar-refractivity contribution in [3.8, 4) is 0 Å². The number of nitrogens with one attached hydrogen (secondary N) is 2. The minimum Gasteiger partial charge on any atom is -0.335 e. The summed E-state index contributed by atoms with van der Waals surface area (Å²) in [4.78, 5) is 46.3. The first-order valence-corrected chi connectivity index (χ1v) is 10.6. The first-order valence-electron chi connectivity index (χ1n) is 9.68. The lowest BCUT2D eigenvalue weighted by Gasteiger charge is -2.24. The van der Waals surface area contributed by atoms with Crippen LogP contribution in [-0.4, -0.2) is 38.5 Å². The van der Waals surface area contributed by atoms with E-state index in [2.05, 4.69) is 15.3 Å². The number of H-pyrrole nitrogens is 1. The maximum atomic E-state index is 13.0. The Bertz CT molecular complexity index is 1110. The second-order valence-corrected chi connectivity index (χ2v) is 8.26. The van der Waals surface area contributed by atoms with Gasteiger partial charge >= 0.3 is 0 Å². The summed E-state index contributed by atoms with van der Waals surface area (Å²) in [6.45, 7) is 5.95. The molecule has 7 nitrogen and oxygen atoms in total. The molecule has 1 unspecified atom stereocenters.